The summed E-state index contributed by atoms with van der Waals surface area (Å²) in [4.78, 5) is 239. The van der Waals surface area contributed by atoms with Gasteiger partial charge in [-0.25, -0.2) is 0 Å². The van der Waals surface area contributed by atoms with Crippen LogP contribution >= 0.6 is 127 Å². The molecule has 42 heteroatoms. The van der Waals surface area contributed by atoms with E-state index >= 15 is 14.4 Å². The van der Waals surface area contributed by atoms with Gasteiger partial charge in [0.15, 0.2) is 0 Å². The fraction of sp³-hybridized carbons (Fsp3) is 0.756. The molecular formula is C78H109Br8NO33. The number of hydrogen-bond donors (Lipinski definition) is 0. The van der Waals surface area contributed by atoms with E-state index in [2.05, 4.69) is 127 Å². The maximum absolute atomic E-state index is 15.4. The Bertz CT molecular complexity index is 3350. The van der Waals surface area contributed by atoms with Crippen molar-refractivity contribution in [3.63, 3.8) is 0 Å². The number of halogens is 8. The number of likely N-dealkylation sites (tertiary alicyclic amines) is 1. The lowest BCUT2D eigenvalue weighted by Crippen LogP contribution is -2.49. The van der Waals surface area contributed by atoms with E-state index in [1.165, 1.54) is 138 Å². The minimum absolute atomic E-state index is 0.220. The minimum atomic E-state index is -2.50. The van der Waals surface area contributed by atoms with Crippen LogP contribution in [0, 0.1) is 49.7 Å². The third kappa shape index (κ3) is 31.1. The lowest BCUT2D eigenvalue weighted by Gasteiger charge is -2.34. The predicted octanol–water partition coefficient (Wildman–Crippen LogP) is 9.90. The van der Waals surface area contributed by atoms with E-state index in [1.807, 2.05) is 0 Å². The van der Waals surface area contributed by atoms with Gasteiger partial charge >= 0.3 is 89.5 Å². The van der Waals surface area contributed by atoms with Crippen LogP contribution in [0.3, 0.4) is 0 Å². The molecule has 2 amide bonds. The third-order valence-corrected chi connectivity index (χ3v) is 21.0. The van der Waals surface area contributed by atoms with E-state index in [-0.39, 0.29) is 13.0 Å². The summed E-state index contributed by atoms with van der Waals surface area (Å²) in [5, 5.41) is 0. The van der Waals surface area contributed by atoms with Crippen molar-refractivity contribution in [2.24, 2.45) is 49.7 Å². The highest BCUT2D eigenvalue weighted by atomic mass is 79.9. The Morgan fingerprint density at radius 2 is 0.383 bits per heavy atom. The van der Waals surface area contributed by atoms with Crippen LogP contribution in [0.2, 0.25) is 0 Å². The van der Waals surface area contributed by atoms with Crippen LogP contribution in [0.1, 0.15) is 166 Å². The quantitative estimate of drug-likeness (QED) is 0.0136. The first-order chi connectivity index (χ1) is 54.1. The van der Waals surface area contributed by atoms with Crippen LogP contribution in [0.15, 0.2) is 12.2 Å². The summed E-state index contributed by atoms with van der Waals surface area (Å²) in [6.07, 6.45) is 1.84. The molecule has 3 heterocycles. The summed E-state index contributed by atoms with van der Waals surface area (Å²) in [7, 11) is 0. The van der Waals surface area contributed by atoms with Crippen molar-refractivity contribution in [1.29, 1.82) is 0 Å². The lowest BCUT2D eigenvalue weighted by atomic mass is 9.85. The molecule has 2 bridgehead atoms. The number of ether oxygens (including phenoxy) is 16. The number of carbonyl (C=O) groups is 17. The normalized spacial score (nSPS) is 17.0. The maximum atomic E-state index is 15.4. The monoisotopic (exact) mass is 2220 g/mol. The van der Waals surface area contributed by atoms with Crippen LogP contribution in [-0.4, -0.2) is 259 Å². The van der Waals surface area contributed by atoms with E-state index in [9.17, 15) is 67.1 Å². The molecule has 0 aromatic heterocycles. The summed E-state index contributed by atoms with van der Waals surface area (Å²) < 4.78 is 80.1. The van der Waals surface area contributed by atoms with Gasteiger partial charge < -0.3 is 75.8 Å². The van der Waals surface area contributed by atoms with Crippen molar-refractivity contribution in [3.05, 3.63) is 12.2 Å². The molecule has 680 valence electrons. The molecule has 4 atom stereocenters. The predicted molar refractivity (Wildman–Crippen MR) is 451 cm³/mol. The molecule has 0 aromatic carbocycles. The number of esters is 15. The second-order valence-corrected chi connectivity index (χ2v) is 51.4. The molecule has 3 aliphatic rings. The topological polar surface area (TPSA) is 441 Å². The summed E-state index contributed by atoms with van der Waals surface area (Å²) in [6.45, 7) is 16.1. The molecule has 0 radical (unpaired) electrons. The van der Waals surface area contributed by atoms with Crippen molar-refractivity contribution >= 4 is 229 Å². The van der Waals surface area contributed by atoms with E-state index < -0.39 is 297 Å². The average molecular weight is 2230 g/mol. The first kappa shape index (κ1) is 109. The highest BCUT2D eigenvalue weighted by molar-refractivity contribution is 9.11. The largest absolute Gasteiger partial charge is 0.465 e. The summed E-state index contributed by atoms with van der Waals surface area (Å²) in [5.74, 6) is -19.5. The van der Waals surface area contributed by atoms with Crippen molar-refractivity contribution in [3.8, 4) is 0 Å². The van der Waals surface area contributed by atoms with Gasteiger partial charge in [0.05, 0.1) is 30.7 Å². The van der Waals surface area contributed by atoms with Gasteiger partial charge in [-0.1, -0.05) is 140 Å². The van der Waals surface area contributed by atoms with Gasteiger partial charge in [-0.2, -0.15) is 0 Å². The van der Waals surface area contributed by atoms with Crippen LogP contribution in [0.4, 0.5) is 0 Å². The van der Waals surface area contributed by atoms with Gasteiger partial charge in [0.1, 0.15) is 165 Å². The Hall–Kier alpha value is -5.27. The summed E-state index contributed by atoms with van der Waals surface area (Å²) in [6, 6.07) is 0. The number of rotatable bonds is 47. The Morgan fingerprint density at radius 1 is 0.250 bits per heavy atom. The molecule has 3 aliphatic heterocycles. The second kappa shape index (κ2) is 41.9. The van der Waals surface area contributed by atoms with Crippen molar-refractivity contribution in [1.82, 2.24) is 4.90 Å². The number of amides is 2. The highest BCUT2D eigenvalue weighted by Gasteiger charge is 2.61. The molecular weight excluding hydrogens is 2120 g/mol. The molecule has 34 nitrogen and oxygen atoms in total. The number of carbonyl (C=O) groups excluding carboxylic acids is 17. The number of imide groups is 1. The van der Waals surface area contributed by atoms with Crippen LogP contribution < -0.4 is 0 Å². The molecule has 0 spiro atoms. The molecule has 120 heavy (non-hydrogen) atoms. The maximum Gasteiger partial charge on any atom is 0.322 e. The minimum Gasteiger partial charge on any atom is -0.465 e. The summed E-state index contributed by atoms with van der Waals surface area (Å²) >= 11 is 25.6. The van der Waals surface area contributed by atoms with E-state index in [1.54, 1.807) is 12.2 Å². The van der Waals surface area contributed by atoms with Crippen LogP contribution in [-0.2, 0) is 157 Å². The molecule has 0 aromatic rings. The van der Waals surface area contributed by atoms with Gasteiger partial charge in [-0.15, -0.1) is 0 Å². The Kier molecular flexibility index (Phi) is 38.0. The Morgan fingerprint density at radius 3 is 0.525 bits per heavy atom. The van der Waals surface area contributed by atoms with Gasteiger partial charge in [0.25, 0.3) is 0 Å². The fourth-order valence-electron chi connectivity index (χ4n) is 9.83. The van der Waals surface area contributed by atoms with Gasteiger partial charge in [0.2, 0.25) is 11.8 Å². The zero-order valence-corrected chi connectivity index (χ0v) is 84.1. The Balaban J connectivity index is 2.38. The molecule has 0 saturated carbocycles. The molecule has 0 aliphatic carbocycles. The standard InChI is InChI=1S/C78H109Br8NO33/c1-64(2,79)49(90)106-29-73(18,30-107-50(91)65(3,4)80)58(99)116-39-77(22,40-117-59(100)74(19,31-108-51(92)66(5,6)81)32-109-52(93)67(7,8)82)62(103)114-37-72(17,57(98)105-28-24-27-87-47(88)45-43-25-26-44(120-43)46(45)48(87)89)38-115-63(104)78(23,41-118-60(101)75(20,33-110-53(94)68(9,10)83)34-111-54(95)69(11,12)84)42-119-61(102)76(21,35-112-55(96)70(13,14)85)36-113-56(97)71(15,16)86/h25-26,43-46H,24,27-42H2,1-23H3/t43-,44+,45+,46-. The van der Waals surface area contributed by atoms with Gasteiger partial charge in [0, 0.05) is 6.54 Å². The Labute approximate surface area is 764 Å². The van der Waals surface area contributed by atoms with Crippen LogP contribution in [0.25, 0.3) is 0 Å². The molecule has 0 N–H and O–H groups in total. The van der Waals surface area contributed by atoms with Crippen molar-refractivity contribution in [2.45, 2.75) is 212 Å². The molecule has 3 rings (SSSR count). The fourth-order valence-corrected chi connectivity index (χ4v) is 10.7. The lowest BCUT2D eigenvalue weighted by molar-refractivity contribution is -0.185. The average Bonchev–Trinajstić information content (AvgIpc) is 1.57. The van der Waals surface area contributed by atoms with Crippen molar-refractivity contribution in [2.75, 3.05) is 106 Å². The van der Waals surface area contributed by atoms with Crippen molar-refractivity contribution < 1.29 is 157 Å². The smallest absolute Gasteiger partial charge is 0.322 e. The van der Waals surface area contributed by atoms with E-state index in [0.29, 0.717) is 0 Å². The molecule has 0 unspecified atom stereocenters. The van der Waals surface area contributed by atoms with Gasteiger partial charge in [-0.3, -0.25) is 86.4 Å². The third-order valence-electron chi connectivity index (χ3n) is 18.4. The van der Waals surface area contributed by atoms with E-state index in [0.717, 1.165) is 25.7 Å². The zero-order valence-electron chi connectivity index (χ0n) is 71.4. The molecule has 2 saturated heterocycles. The molecule has 2 fully saturated rings. The number of hydrogen-bond acceptors (Lipinski definition) is 33. The summed E-state index contributed by atoms with van der Waals surface area (Å²) in [5.41, 5.74) is -15.9. The first-order valence-electron chi connectivity index (χ1n) is 37.4. The number of fused-ring (bicyclic) bond motifs is 5. The second-order valence-electron chi connectivity index (χ2n) is 35.6. The van der Waals surface area contributed by atoms with E-state index in [4.69, 9.17) is 75.8 Å². The van der Waals surface area contributed by atoms with Crippen LogP contribution in [0.5, 0.6) is 0 Å². The highest BCUT2D eigenvalue weighted by Crippen LogP contribution is 2.46. The number of nitrogens with zero attached hydrogens (tertiary/aromatic N) is 1. The zero-order chi connectivity index (χ0) is 93.0. The first-order valence-corrected chi connectivity index (χ1v) is 43.7. The SMILES string of the molecule is CC(C)(Br)C(=O)OCC(C)(COC(=O)C(C)(C)Br)C(=O)OCC(C)(COC(=O)C(C)(COC(=O)C(C)(C)Br)COC(=O)C(C)(C)Br)C(=O)OCC(C)(COC(=O)C(C)(COC(=O)C(C)(COC(=O)C(C)(C)Br)COC(=O)C(C)(C)Br)COC(=O)C(C)(COC(=O)C(C)(C)Br)COC(=O)C(C)(C)Br)C(=O)OCCCN1C(=O)[C@@H]2[C@H](C1=O)[C@@H]1C=C[C@H]2O1. The van der Waals surface area contributed by atoms with Gasteiger partial charge in [-0.05, 0) is 166 Å². The number of alkyl halides is 8.